The second-order valence-electron chi connectivity index (χ2n) is 4.21. The minimum atomic E-state index is -0.292. The Hall–Kier alpha value is -1.55. The fourth-order valence-corrected chi connectivity index (χ4v) is 2.02. The SMILES string of the molecule is Cl.NC(=O)CN1CCCC1=NCc1ccccc1. The van der Waals surface area contributed by atoms with Crippen molar-refractivity contribution in [1.82, 2.24) is 4.90 Å². The smallest absolute Gasteiger partial charge is 0.236 e. The first-order chi connectivity index (χ1) is 8.25. The van der Waals surface area contributed by atoms with Gasteiger partial charge >= 0.3 is 0 Å². The highest BCUT2D eigenvalue weighted by Gasteiger charge is 2.19. The Morgan fingerprint density at radius 1 is 1.33 bits per heavy atom. The summed E-state index contributed by atoms with van der Waals surface area (Å²) in [5.74, 6) is 0.715. The number of amides is 1. The minimum Gasteiger partial charge on any atom is -0.368 e. The summed E-state index contributed by atoms with van der Waals surface area (Å²) >= 11 is 0. The molecule has 1 aliphatic heterocycles. The summed E-state index contributed by atoms with van der Waals surface area (Å²) in [6.45, 7) is 1.84. The van der Waals surface area contributed by atoms with Crippen molar-refractivity contribution in [2.45, 2.75) is 19.4 Å². The van der Waals surface area contributed by atoms with Crippen molar-refractivity contribution in [3.05, 3.63) is 35.9 Å². The van der Waals surface area contributed by atoms with Crippen LogP contribution in [0.25, 0.3) is 0 Å². The average molecular weight is 268 g/mol. The van der Waals surface area contributed by atoms with Crippen molar-refractivity contribution in [2.24, 2.45) is 10.7 Å². The third-order valence-corrected chi connectivity index (χ3v) is 2.83. The number of hydrogen-bond acceptors (Lipinski definition) is 2. The van der Waals surface area contributed by atoms with Crippen molar-refractivity contribution in [3.63, 3.8) is 0 Å². The molecule has 0 saturated carbocycles. The van der Waals surface area contributed by atoms with Gasteiger partial charge in [0.25, 0.3) is 0 Å². The van der Waals surface area contributed by atoms with E-state index in [1.807, 2.05) is 23.1 Å². The maximum Gasteiger partial charge on any atom is 0.236 e. The van der Waals surface area contributed by atoms with E-state index >= 15 is 0 Å². The Morgan fingerprint density at radius 2 is 2.06 bits per heavy atom. The van der Waals surface area contributed by atoms with Crippen LogP contribution in [-0.2, 0) is 11.3 Å². The van der Waals surface area contributed by atoms with Gasteiger partial charge in [0.2, 0.25) is 5.91 Å². The first-order valence-electron chi connectivity index (χ1n) is 5.86. The largest absolute Gasteiger partial charge is 0.368 e. The lowest BCUT2D eigenvalue weighted by Gasteiger charge is -2.16. The summed E-state index contributed by atoms with van der Waals surface area (Å²) in [5, 5.41) is 0. The van der Waals surface area contributed by atoms with Gasteiger partial charge < -0.3 is 10.6 Å². The number of likely N-dealkylation sites (tertiary alicyclic amines) is 1. The van der Waals surface area contributed by atoms with Crippen LogP contribution in [0.3, 0.4) is 0 Å². The third-order valence-electron chi connectivity index (χ3n) is 2.83. The number of aliphatic imine (C=N–C) groups is 1. The molecule has 1 fully saturated rings. The van der Waals surface area contributed by atoms with Crippen LogP contribution < -0.4 is 5.73 Å². The molecule has 2 rings (SSSR count). The van der Waals surface area contributed by atoms with E-state index in [9.17, 15) is 4.79 Å². The summed E-state index contributed by atoms with van der Waals surface area (Å²) in [4.78, 5) is 17.4. The summed E-state index contributed by atoms with van der Waals surface area (Å²) in [6.07, 6.45) is 2.00. The van der Waals surface area contributed by atoms with Crippen LogP contribution in [0.2, 0.25) is 0 Å². The van der Waals surface area contributed by atoms with Gasteiger partial charge in [-0.2, -0.15) is 0 Å². The van der Waals surface area contributed by atoms with Crippen molar-refractivity contribution >= 4 is 24.1 Å². The quantitative estimate of drug-likeness (QED) is 0.901. The summed E-state index contributed by atoms with van der Waals surface area (Å²) in [6, 6.07) is 10.1. The second-order valence-corrected chi connectivity index (χ2v) is 4.21. The summed E-state index contributed by atoms with van der Waals surface area (Å²) in [7, 11) is 0. The molecule has 1 heterocycles. The first kappa shape index (κ1) is 14.5. The van der Waals surface area contributed by atoms with Crippen LogP contribution in [-0.4, -0.2) is 29.7 Å². The number of hydrogen-bond donors (Lipinski definition) is 1. The molecule has 1 saturated heterocycles. The number of benzene rings is 1. The van der Waals surface area contributed by atoms with Gasteiger partial charge in [-0.1, -0.05) is 30.3 Å². The van der Waals surface area contributed by atoms with Crippen molar-refractivity contribution in [3.8, 4) is 0 Å². The van der Waals surface area contributed by atoms with E-state index in [4.69, 9.17) is 5.73 Å². The highest BCUT2D eigenvalue weighted by Crippen LogP contribution is 2.12. The monoisotopic (exact) mass is 267 g/mol. The highest BCUT2D eigenvalue weighted by atomic mass is 35.5. The molecule has 98 valence electrons. The average Bonchev–Trinajstić information content (AvgIpc) is 2.74. The number of nitrogens with zero attached hydrogens (tertiary/aromatic N) is 2. The van der Waals surface area contributed by atoms with Crippen molar-refractivity contribution < 1.29 is 4.79 Å². The van der Waals surface area contributed by atoms with Gasteiger partial charge in [0.05, 0.1) is 18.9 Å². The van der Waals surface area contributed by atoms with E-state index in [0.29, 0.717) is 6.54 Å². The molecule has 1 aromatic rings. The second kappa shape index (κ2) is 7.01. The van der Waals surface area contributed by atoms with Crippen molar-refractivity contribution in [1.29, 1.82) is 0 Å². The maximum absolute atomic E-state index is 10.9. The van der Waals surface area contributed by atoms with Crippen LogP contribution in [0.4, 0.5) is 0 Å². The van der Waals surface area contributed by atoms with E-state index in [2.05, 4.69) is 17.1 Å². The molecule has 4 nitrogen and oxygen atoms in total. The minimum absolute atomic E-state index is 0. The van der Waals surface area contributed by atoms with Gasteiger partial charge in [0.15, 0.2) is 0 Å². The Kier molecular flexibility index (Phi) is 5.65. The molecule has 1 aliphatic rings. The Labute approximate surface area is 113 Å². The Morgan fingerprint density at radius 3 is 2.72 bits per heavy atom. The third kappa shape index (κ3) is 4.04. The highest BCUT2D eigenvalue weighted by molar-refractivity contribution is 5.88. The zero-order valence-corrected chi connectivity index (χ0v) is 11.0. The molecule has 0 aliphatic carbocycles. The number of nitrogens with two attached hydrogens (primary N) is 1. The van der Waals surface area contributed by atoms with Crippen LogP contribution in [0.15, 0.2) is 35.3 Å². The predicted molar refractivity (Wildman–Crippen MR) is 74.8 cm³/mol. The van der Waals surface area contributed by atoms with Gasteiger partial charge in [0, 0.05) is 13.0 Å². The number of carbonyl (C=O) groups is 1. The standard InChI is InChI=1S/C13H17N3O.ClH/c14-12(17)10-16-8-4-7-13(16)15-9-11-5-2-1-3-6-11;/h1-3,5-6H,4,7-10H2,(H2,14,17);1H. The first-order valence-corrected chi connectivity index (χ1v) is 5.86. The van der Waals surface area contributed by atoms with Gasteiger partial charge in [0.1, 0.15) is 0 Å². The van der Waals surface area contributed by atoms with Crippen LogP contribution in [0, 0.1) is 0 Å². The molecule has 0 unspecified atom stereocenters. The number of amidine groups is 1. The molecule has 0 aromatic heterocycles. The van der Waals surface area contributed by atoms with Gasteiger partial charge in [-0.25, -0.2) is 0 Å². The van der Waals surface area contributed by atoms with Crippen molar-refractivity contribution in [2.75, 3.05) is 13.1 Å². The van der Waals surface area contributed by atoms with Crippen LogP contribution in [0.5, 0.6) is 0 Å². The van der Waals surface area contributed by atoms with Gasteiger partial charge in [-0.15, -0.1) is 12.4 Å². The summed E-state index contributed by atoms with van der Waals surface area (Å²) in [5.41, 5.74) is 6.39. The molecule has 0 bridgehead atoms. The molecular weight excluding hydrogens is 250 g/mol. The maximum atomic E-state index is 10.9. The van der Waals surface area contributed by atoms with E-state index in [0.717, 1.165) is 25.2 Å². The lowest BCUT2D eigenvalue weighted by Crippen LogP contribution is -2.34. The number of rotatable bonds is 4. The molecule has 0 radical (unpaired) electrons. The van der Waals surface area contributed by atoms with Crippen LogP contribution in [0.1, 0.15) is 18.4 Å². The molecular formula is C13H18ClN3O. The van der Waals surface area contributed by atoms with Crippen LogP contribution >= 0.6 is 12.4 Å². The Bertz CT molecular complexity index is 420. The van der Waals surface area contributed by atoms with E-state index < -0.39 is 0 Å². The zero-order chi connectivity index (χ0) is 12.1. The zero-order valence-electron chi connectivity index (χ0n) is 10.2. The van der Waals surface area contributed by atoms with E-state index in [1.165, 1.54) is 5.56 Å². The number of carbonyl (C=O) groups excluding carboxylic acids is 1. The lowest BCUT2D eigenvalue weighted by molar-refractivity contribution is -0.118. The summed E-state index contributed by atoms with van der Waals surface area (Å²) < 4.78 is 0. The van der Waals surface area contributed by atoms with E-state index in [1.54, 1.807) is 0 Å². The lowest BCUT2D eigenvalue weighted by atomic mass is 10.2. The normalized spacial score (nSPS) is 16.7. The number of primary amides is 1. The molecule has 2 N–H and O–H groups in total. The fraction of sp³-hybridized carbons (Fsp3) is 0.385. The van der Waals surface area contributed by atoms with E-state index in [-0.39, 0.29) is 24.9 Å². The molecule has 18 heavy (non-hydrogen) atoms. The Balaban J connectivity index is 0.00000162. The van der Waals surface area contributed by atoms with Gasteiger partial charge in [-0.3, -0.25) is 9.79 Å². The van der Waals surface area contributed by atoms with Gasteiger partial charge in [-0.05, 0) is 12.0 Å². The topological polar surface area (TPSA) is 58.7 Å². The number of halogens is 1. The molecule has 1 aromatic carbocycles. The fourth-order valence-electron chi connectivity index (χ4n) is 2.02. The molecule has 1 amide bonds. The predicted octanol–water partition coefficient (Wildman–Crippen LogP) is 1.59. The molecule has 5 heteroatoms. The molecule has 0 spiro atoms. The molecule has 0 atom stereocenters.